The Balaban J connectivity index is 2.37. The zero-order valence-corrected chi connectivity index (χ0v) is 13.3. The Morgan fingerprint density at radius 1 is 1.29 bits per heavy atom. The lowest BCUT2D eigenvalue weighted by Gasteiger charge is -2.16. The molecule has 2 rings (SSSR count). The molecular weight excluding hydrogens is 290 g/mol. The summed E-state index contributed by atoms with van der Waals surface area (Å²) in [5.74, 6) is -0.602. The third kappa shape index (κ3) is 3.44. The Morgan fingerprint density at radius 3 is 2.48 bits per heavy atom. The van der Waals surface area contributed by atoms with E-state index >= 15 is 0 Å². The van der Waals surface area contributed by atoms with Crippen LogP contribution >= 0.6 is 0 Å². The van der Waals surface area contributed by atoms with Gasteiger partial charge in [-0.2, -0.15) is 0 Å². The molecule has 0 spiro atoms. The maximum absolute atomic E-state index is 12.5. The molecule has 2 N–H and O–H groups in total. The topological polar surface area (TPSA) is 83.5 Å². The number of rotatable bonds is 4. The fourth-order valence-electron chi connectivity index (χ4n) is 2.83. The normalized spacial score (nSPS) is 22.4. The lowest BCUT2D eigenvalue weighted by Crippen LogP contribution is -2.33. The Kier molecular flexibility index (Phi) is 4.39. The zero-order chi connectivity index (χ0) is 15.8. The summed E-state index contributed by atoms with van der Waals surface area (Å²) in [5, 5.41) is 9.09. The maximum atomic E-state index is 12.5. The molecule has 1 saturated carbocycles. The molecule has 6 heteroatoms. The van der Waals surface area contributed by atoms with E-state index in [0.29, 0.717) is 17.0 Å². The molecular formula is C15H21NO4S. The van der Waals surface area contributed by atoms with E-state index in [2.05, 4.69) is 11.6 Å². The summed E-state index contributed by atoms with van der Waals surface area (Å²) in [6, 6.07) is 2.68. The van der Waals surface area contributed by atoms with E-state index in [4.69, 9.17) is 5.11 Å². The van der Waals surface area contributed by atoms with Crippen molar-refractivity contribution in [1.29, 1.82) is 0 Å². The largest absolute Gasteiger partial charge is 0.478 e. The van der Waals surface area contributed by atoms with E-state index in [0.717, 1.165) is 19.3 Å². The number of carboxylic acid groups (broad SMARTS) is 1. The first kappa shape index (κ1) is 16.0. The molecule has 1 aromatic rings. The third-order valence-electron chi connectivity index (χ3n) is 4.17. The highest BCUT2D eigenvalue weighted by Crippen LogP contribution is 2.27. The molecule has 21 heavy (non-hydrogen) atoms. The van der Waals surface area contributed by atoms with Crippen molar-refractivity contribution < 1.29 is 18.3 Å². The Bertz CT molecular complexity index is 666. The van der Waals surface area contributed by atoms with Gasteiger partial charge >= 0.3 is 5.97 Å². The first-order valence-corrected chi connectivity index (χ1v) is 8.56. The van der Waals surface area contributed by atoms with E-state index < -0.39 is 16.0 Å². The number of benzene rings is 1. The number of hydrogen-bond donors (Lipinski definition) is 2. The number of carbonyl (C=O) groups is 1. The fraction of sp³-hybridized carbons (Fsp3) is 0.533. The van der Waals surface area contributed by atoms with Crippen molar-refractivity contribution in [3.8, 4) is 0 Å². The van der Waals surface area contributed by atoms with Gasteiger partial charge in [-0.05, 0) is 62.3 Å². The second kappa shape index (κ2) is 5.77. The first-order valence-electron chi connectivity index (χ1n) is 7.07. The molecule has 0 aromatic heterocycles. The van der Waals surface area contributed by atoms with Gasteiger partial charge < -0.3 is 5.11 Å². The predicted octanol–water partition coefficient (Wildman–Crippen LogP) is 2.47. The standard InChI is InChI=1S/C15H21NO4S/c1-9-4-5-13(6-9)16-21(19,20)14-8-12(15(17)18)7-10(2)11(14)3/h7-9,13,16H,4-6H2,1-3H3,(H,17,18). The minimum Gasteiger partial charge on any atom is -0.478 e. The van der Waals surface area contributed by atoms with Crippen LogP contribution in [0.15, 0.2) is 17.0 Å². The molecule has 0 saturated heterocycles. The van der Waals surface area contributed by atoms with Gasteiger partial charge in [-0.1, -0.05) is 6.92 Å². The highest BCUT2D eigenvalue weighted by atomic mass is 32.2. The van der Waals surface area contributed by atoms with Crippen LogP contribution in [-0.2, 0) is 10.0 Å². The van der Waals surface area contributed by atoms with E-state index in [1.165, 1.54) is 12.1 Å². The number of nitrogens with one attached hydrogen (secondary N) is 1. The van der Waals surface area contributed by atoms with Gasteiger partial charge in [-0.25, -0.2) is 17.9 Å². The van der Waals surface area contributed by atoms with Gasteiger partial charge in [0.15, 0.2) is 0 Å². The summed E-state index contributed by atoms with van der Waals surface area (Å²) in [6.07, 6.45) is 2.67. The number of carboxylic acids is 1. The molecule has 2 unspecified atom stereocenters. The molecule has 1 fully saturated rings. The van der Waals surface area contributed by atoms with Gasteiger partial charge in [-0.15, -0.1) is 0 Å². The number of hydrogen-bond acceptors (Lipinski definition) is 3. The van der Waals surface area contributed by atoms with Crippen molar-refractivity contribution >= 4 is 16.0 Å². The average Bonchev–Trinajstić information content (AvgIpc) is 2.76. The van der Waals surface area contributed by atoms with Crippen molar-refractivity contribution in [1.82, 2.24) is 4.72 Å². The number of aromatic carboxylic acids is 1. The van der Waals surface area contributed by atoms with Crippen molar-refractivity contribution in [2.24, 2.45) is 5.92 Å². The molecule has 1 aliphatic rings. The van der Waals surface area contributed by atoms with Crippen LogP contribution in [0, 0.1) is 19.8 Å². The van der Waals surface area contributed by atoms with Crippen molar-refractivity contribution in [3.05, 3.63) is 28.8 Å². The van der Waals surface area contributed by atoms with E-state index in [9.17, 15) is 13.2 Å². The van der Waals surface area contributed by atoms with Crippen LogP contribution in [-0.4, -0.2) is 25.5 Å². The Hall–Kier alpha value is -1.40. The first-order chi connectivity index (χ1) is 9.70. The van der Waals surface area contributed by atoms with Crippen molar-refractivity contribution in [3.63, 3.8) is 0 Å². The lowest BCUT2D eigenvalue weighted by molar-refractivity contribution is 0.0696. The molecule has 1 aromatic carbocycles. The molecule has 1 aliphatic carbocycles. The van der Waals surface area contributed by atoms with Gasteiger partial charge in [0.2, 0.25) is 10.0 Å². The van der Waals surface area contributed by atoms with Crippen LogP contribution in [0.1, 0.15) is 47.7 Å². The summed E-state index contributed by atoms with van der Waals surface area (Å²) in [5.41, 5.74) is 1.26. The Labute approximate surface area is 125 Å². The molecule has 0 bridgehead atoms. The summed E-state index contributed by atoms with van der Waals surface area (Å²) < 4.78 is 27.8. The number of sulfonamides is 1. The van der Waals surface area contributed by atoms with Crippen molar-refractivity contribution in [2.75, 3.05) is 0 Å². The lowest BCUT2D eigenvalue weighted by atomic mass is 10.1. The molecule has 116 valence electrons. The van der Waals surface area contributed by atoms with Gasteiger partial charge in [0.1, 0.15) is 0 Å². The molecule has 0 aliphatic heterocycles. The molecule has 0 radical (unpaired) electrons. The van der Waals surface area contributed by atoms with Gasteiger partial charge in [0.05, 0.1) is 10.5 Å². The highest BCUT2D eigenvalue weighted by Gasteiger charge is 2.28. The monoisotopic (exact) mass is 311 g/mol. The predicted molar refractivity (Wildman–Crippen MR) is 80.0 cm³/mol. The molecule has 0 heterocycles. The molecule has 2 atom stereocenters. The van der Waals surface area contributed by atoms with Gasteiger partial charge in [0.25, 0.3) is 0 Å². The summed E-state index contributed by atoms with van der Waals surface area (Å²) in [4.78, 5) is 11.2. The smallest absolute Gasteiger partial charge is 0.335 e. The second-order valence-electron chi connectivity index (χ2n) is 5.96. The van der Waals surface area contributed by atoms with Crippen LogP contribution < -0.4 is 4.72 Å². The second-order valence-corrected chi connectivity index (χ2v) is 7.64. The molecule has 5 nitrogen and oxygen atoms in total. The third-order valence-corrected chi connectivity index (χ3v) is 5.82. The van der Waals surface area contributed by atoms with Crippen molar-refractivity contribution in [2.45, 2.75) is 51.0 Å². The average molecular weight is 311 g/mol. The van der Waals surface area contributed by atoms with Gasteiger partial charge in [-0.3, -0.25) is 0 Å². The van der Waals surface area contributed by atoms with Crippen LogP contribution in [0.4, 0.5) is 0 Å². The SMILES string of the molecule is Cc1cc(C(=O)O)cc(S(=O)(=O)NC2CCC(C)C2)c1C. The number of aryl methyl sites for hydroxylation is 1. The van der Waals surface area contributed by atoms with Crippen LogP contribution in [0.2, 0.25) is 0 Å². The molecule has 0 amide bonds. The fourth-order valence-corrected chi connectivity index (χ4v) is 4.45. The van der Waals surface area contributed by atoms with Crippen LogP contribution in [0.3, 0.4) is 0 Å². The Morgan fingerprint density at radius 2 is 1.95 bits per heavy atom. The van der Waals surface area contributed by atoms with Crippen LogP contribution in [0.25, 0.3) is 0 Å². The van der Waals surface area contributed by atoms with E-state index in [1.807, 2.05) is 0 Å². The zero-order valence-electron chi connectivity index (χ0n) is 12.5. The van der Waals surface area contributed by atoms with Gasteiger partial charge in [0, 0.05) is 6.04 Å². The highest BCUT2D eigenvalue weighted by molar-refractivity contribution is 7.89. The van der Waals surface area contributed by atoms with E-state index in [-0.39, 0.29) is 16.5 Å². The summed E-state index contributed by atoms with van der Waals surface area (Å²) in [7, 11) is -3.69. The summed E-state index contributed by atoms with van der Waals surface area (Å²) >= 11 is 0. The van der Waals surface area contributed by atoms with E-state index in [1.54, 1.807) is 13.8 Å². The summed E-state index contributed by atoms with van der Waals surface area (Å²) in [6.45, 7) is 5.53. The maximum Gasteiger partial charge on any atom is 0.335 e. The van der Waals surface area contributed by atoms with Crippen LogP contribution in [0.5, 0.6) is 0 Å². The minimum atomic E-state index is -3.69. The quantitative estimate of drug-likeness (QED) is 0.894. The minimum absolute atomic E-state index is 0.00161.